The number of rotatable bonds is 8. The average molecular weight is 474 g/mol. The Kier molecular flexibility index (Phi) is 7.15. The second-order valence-corrected chi connectivity index (χ2v) is 6.82. The number of carbonyl (C=O) groups excluding carboxylic acids is 1. The van der Waals surface area contributed by atoms with Crippen molar-refractivity contribution in [3.05, 3.63) is 64.4 Å². The highest BCUT2D eigenvalue weighted by Gasteiger charge is 2.20. The van der Waals surface area contributed by atoms with Gasteiger partial charge in [-0.05, 0) is 45.8 Å². The van der Waals surface area contributed by atoms with E-state index >= 15 is 0 Å². The molecule has 3 aromatic rings. The van der Waals surface area contributed by atoms with Gasteiger partial charge in [-0.25, -0.2) is 10.1 Å². The number of nitrogens with zero attached hydrogens (tertiary/aromatic N) is 4. The summed E-state index contributed by atoms with van der Waals surface area (Å²) >= 11 is 3.41. The predicted molar refractivity (Wildman–Crippen MR) is 114 cm³/mol. The second kappa shape index (κ2) is 9.99. The number of ether oxygens (including phenoxy) is 3. The lowest BCUT2D eigenvalue weighted by atomic mass is 10.1. The number of hydrogen-bond donors (Lipinski definition) is 1. The van der Waals surface area contributed by atoms with E-state index in [0.717, 1.165) is 5.69 Å². The lowest BCUT2D eigenvalue weighted by Crippen LogP contribution is -2.26. The van der Waals surface area contributed by atoms with Crippen molar-refractivity contribution >= 4 is 28.1 Å². The summed E-state index contributed by atoms with van der Waals surface area (Å²) in [6.45, 7) is 0. The number of hydrogen-bond acceptors (Lipinski definition) is 7. The molecule has 10 heteroatoms. The summed E-state index contributed by atoms with van der Waals surface area (Å²) in [5, 5.41) is 11.7. The van der Waals surface area contributed by atoms with E-state index in [2.05, 4.69) is 36.8 Å². The largest absolute Gasteiger partial charge is 0.495 e. The van der Waals surface area contributed by atoms with Crippen molar-refractivity contribution in [2.24, 2.45) is 5.10 Å². The predicted octanol–water partition coefficient (Wildman–Crippen LogP) is 2.88. The van der Waals surface area contributed by atoms with Gasteiger partial charge in [0, 0.05) is 12.7 Å². The molecule has 0 aliphatic heterocycles. The molecule has 156 valence electrons. The topological polar surface area (TPSA) is 99.9 Å². The summed E-state index contributed by atoms with van der Waals surface area (Å²) in [6.07, 6.45) is 4.00. The maximum atomic E-state index is 12.5. The van der Waals surface area contributed by atoms with E-state index in [4.69, 9.17) is 14.2 Å². The number of aromatic nitrogens is 3. The molecule has 1 unspecified atom stereocenters. The molecule has 0 saturated heterocycles. The third-order valence-electron chi connectivity index (χ3n) is 4.21. The second-order valence-electron chi connectivity index (χ2n) is 6.03. The number of hydrazone groups is 1. The van der Waals surface area contributed by atoms with E-state index in [1.807, 2.05) is 12.1 Å². The Labute approximate surface area is 181 Å². The number of carbonyl (C=O) groups is 1. The van der Waals surface area contributed by atoms with Gasteiger partial charge in [0.1, 0.15) is 16.0 Å². The zero-order chi connectivity index (χ0) is 21.5. The standard InChI is InChI=1S/C20H20BrN5O4/c1-28-16-10-13(11-17(29-2)18(16)21)12-23-24-20(27)19(30-3)14-4-6-15(7-5-14)26-9-8-22-25-26/h4-12,19H,1-3H3,(H,24,27)/b23-12+. The van der Waals surface area contributed by atoms with Crippen LogP contribution in [-0.2, 0) is 9.53 Å². The van der Waals surface area contributed by atoms with Gasteiger partial charge in [-0.1, -0.05) is 17.3 Å². The van der Waals surface area contributed by atoms with Crippen LogP contribution in [0.15, 0.2) is 58.4 Å². The fourth-order valence-electron chi connectivity index (χ4n) is 2.74. The molecule has 0 saturated carbocycles. The summed E-state index contributed by atoms with van der Waals surface area (Å²) in [6, 6.07) is 10.8. The summed E-state index contributed by atoms with van der Waals surface area (Å²) in [7, 11) is 4.57. The number of methoxy groups -OCH3 is 3. The molecule has 2 aromatic carbocycles. The van der Waals surface area contributed by atoms with E-state index < -0.39 is 12.0 Å². The zero-order valence-corrected chi connectivity index (χ0v) is 18.2. The number of benzene rings is 2. The molecule has 1 N–H and O–H groups in total. The van der Waals surface area contributed by atoms with Crippen molar-refractivity contribution in [1.29, 1.82) is 0 Å². The lowest BCUT2D eigenvalue weighted by Gasteiger charge is -2.14. The van der Waals surface area contributed by atoms with Gasteiger partial charge in [0.15, 0.2) is 6.10 Å². The van der Waals surface area contributed by atoms with Crippen molar-refractivity contribution in [3.8, 4) is 17.2 Å². The van der Waals surface area contributed by atoms with Crippen LogP contribution in [0.2, 0.25) is 0 Å². The molecule has 0 spiro atoms. The first-order valence-corrected chi connectivity index (χ1v) is 9.60. The molecular weight excluding hydrogens is 454 g/mol. The molecular formula is C20H20BrN5O4. The van der Waals surface area contributed by atoms with Gasteiger partial charge >= 0.3 is 0 Å². The Morgan fingerprint density at radius 3 is 2.37 bits per heavy atom. The number of halogens is 1. The highest BCUT2D eigenvalue weighted by Crippen LogP contribution is 2.35. The van der Waals surface area contributed by atoms with Crippen molar-refractivity contribution in [2.45, 2.75) is 6.10 Å². The van der Waals surface area contributed by atoms with Crippen LogP contribution in [0, 0.1) is 0 Å². The van der Waals surface area contributed by atoms with Gasteiger partial charge in [0.05, 0.1) is 38.5 Å². The molecule has 30 heavy (non-hydrogen) atoms. The molecule has 1 aromatic heterocycles. The van der Waals surface area contributed by atoms with Gasteiger partial charge in [0.2, 0.25) is 0 Å². The normalized spacial score (nSPS) is 12.0. The zero-order valence-electron chi connectivity index (χ0n) is 16.6. The smallest absolute Gasteiger partial charge is 0.273 e. The Balaban J connectivity index is 1.70. The molecule has 1 heterocycles. The van der Waals surface area contributed by atoms with E-state index in [9.17, 15) is 4.79 Å². The van der Waals surface area contributed by atoms with E-state index in [1.54, 1.807) is 55.6 Å². The first-order chi connectivity index (χ1) is 14.6. The Morgan fingerprint density at radius 2 is 1.83 bits per heavy atom. The van der Waals surface area contributed by atoms with Crippen molar-refractivity contribution in [3.63, 3.8) is 0 Å². The maximum absolute atomic E-state index is 12.5. The quantitative estimate of drug-likeness (QED) is 0.398. The first-order valence-electron chi connectivity index (χ1n) is 8.81. The van der Waals surface area contributed by atoms with E-state index in [0.29, 0.717) is 27.1 Å². The molecule has 0 aliphatic rings. The summed E-state index contributed by atoms with van der Waals surface area (Å²) in [5.74, 6) is 0.770. The van der Waals surface area contributed by atoms with Crippen molar-refractivity contribution in [2.75, 3.05) is 21.3 Å². The molecule has 9 nitrogen and oxygen atoms in total. The molecule has 0 bridgehead atoms. The Hall–Kier alpha value is -3.24. The minimum absolute atomic E-state index is 0.404. The lowest BCUT2D eigenvalue weighted by molar-refractivity contribution is -0.131. The molecule has 1 atom stereocenters. The van der Waals surface area contributed by atoms with E-state index in [-0.39, 0.29) is 0 Å². The van der Waals surface area contributed by atoms with E-state index in [1.165, 1.54) is 13.3 Å². The van der Waals surface area contributed by atoms with Gasteiger partial charge in [-0.15, -0.1) is 5.10 Å². The minimum Gasteiger partial charge on any atom is -0.495 e. The highest BCUT2D eigenvalue weighted by atomic mass is 79.9. The Morgan fingerprint density at radius 1 is 1.17 bits per heavy atom. The minimum atomic E-state index is -0.819. The van der Waals surface area contributed by atoms with Crippen LogP contribution < -0.4 is 14.9 Å². The Bertz CT molecular complexity index is 997. The fourth-order valence-corrected chi connectivity index (χ4v) is 3.29. The summed E-state index contributed by atoms with van der Waals surface area (Å²) < 4.78 is 18.3. The van der Waals surface area contributed by atoms with Gasteiger partial charge in [-0.2, -0.15) is 5.10 Å². The average Bonchev–Trinajstić information content (AvgIpc) is 3.30. The molecule has 0 radical (unpaired) electrons. The monoisotopic (exact) mass is 473 g/mol. The van der Waals surface area contributed by atoms with Crippen LogP contribution in [0.25, 0.3) is 5.69 Å². The van der Waals surface area contributed by atoms with Crippen LogP contribution in [0.3, 0.4) is 0 Å². The van der Waals surface area contributed by atoms with Crippen LogP contribution in [0.4, 0.5) is 0 Å². The molecule has 0 fully saturated rings. The van der Waals surface area contributed by atoms with Gasteiger partial charge in [-0.3, -0.25) is 4.79 Å². The first kappa shape index (κ1) is 21.5. The fraction of sp³-hybridized carbons (Fsp3) is 0.200. The van der Waals surface area contributed by atoms with Gasteiger partial charge in [0.25, 0.3) is 5.91 Å². The highest BCUT2D eigenvalue weighted by molar-refractivity contribution is 9.10. The van der Waals surface area contributed by atoms with Crippen LogP contribution in [0.1, 0.15) is 17.2 Å². The van der Waals surface area contributed by atoms with Crippen LogP contribution in [-0.4, -0.2) is 48.4 Å². The maximum Gasteiger partial charge on any atom is 0.273 e. The third kappa shape index (κ3) is 4.84. The molecule has 3 rings (SSSR count). The SMILES string of the molecule is COc1cc(/C=N/NC(=O)C(OC)c2ccc(-n3ccnn3)cc2)cc(OC)c1Br. The third-order valence-corrected chi connectivity index (χ3v) is 4.99. The summed E-state index contributed by atoms with van der Waals surface area (Å²) in [4.78, 5) is 12.5. The molecule has 1 amide bonds. The number of nitrogens with one attached hydrogen (secondary N) is 1. The van der Waals surface area contributed by atoms with Crippen molar-refractivity contribution in [1.82, 2.24) is 20.4 Å². The summed E-state index contributed by atoms with van der Waals surface area (Å²) in [5.41, 5.74) is 4.69. The van der Waals surface area contributed by atoms with Crippen LogP contribution in [0.5, 0.6) is 11.5 Å². The van der Waals surface area contributed by atoms with Crippen LogP contribution >= 0.6 is 15.9 Å². The van der Waals surface area contributed by atoms with Crippen molar-refractivity contribution < 1.29 is 19.0 Å². The molecule has 0 aliphatic carbocycles. The number of amides is 1. The van der Waals surface area contributed by atoms with Gasteiger partial charge < -0.3 is 14.2 Å².